The minimum absolute atomic E-state index is 0.594. The molecule has 0 bridgehead atoms. The van der Waals surface area contributed by atoms with E-state index in [4.69, 9.17) is 4.74 Å². The highest BCUT2D eigenvalue weighted by atomic mass is 16.5. The van der Waals surface area contributed by atoms with Crippen LogP contribution in [0.3, 0.4) is 0 Å². The van der Waals surface area contributed by atoms with Crippen molar-refractivity contribution in [3.8, 4) is 5.75 Å². The molecule has 1 aromatic heterocycles. The Morgan fingerprint density at radius 1 is 1.30 bits per heavy atom. The summed E-state index contributed by atoms with van der Waals surface area (Å²) >= 11 is 0. The highest BCUT2D eigenvalue weighted by Gasteiger charge is 2.17. The largest absolute Gasteiger partial charge is 0.496 e. The van der Waals surface area contributed by atoms with Crippen LogP contribution >= 0.6 is 0 Å². The number of para-hydroxylation sites is 1. The minimum Gasteiger partial charge on any atom is -0.496 e. The van der Waals surface area contributed by atoms with Crippen LogP contribution < -0.4 is 10.1 Å². The summed E-state index contributed by atoms with van der Waals surface area (Å²) in [6.45, 7) is 0.750. The van der Waals surface area contributed by atoms with Gasteiger partial charge < -0.3 is 10.1 Å². The molecule has 20 heavy (non-hydrogen) atoms. The fourth-order valence-corrected chi connectivity index (χ4v) is 2.84. The first-order valence-corrected chi connectivity index (χ1v) is 7.27. The first-order valence-electron chi connectivity index (χ1n) is 7.27. The lowest BCUT2D eigenvalue weighted by molar-refractivity contribution is 0.410. The standard InChI is InChI=1S/C16H21N3O/c1-20-16-9-5-2-6-13(16)10-17-14-11-18-19(12-14)15-7-3-4-8-15/h2,5-6,9,11-12,15,17H,3-4,7-8,10H2,1H3. The van der Waals surface area contributed by atoms with Crippen molar-refractivity contribution < 1.29 is 4.74 Å². The van der Waals surface area contributed by atoms with Gasteiger partial charge in [-0.25, -0.2) is 0 Å². The van der Waals surface area contributed by atoms with Crippen molar-refractivity contribution in [1.29, 1.82) is 0 Å². The molecule has 0 saturated heterocycles. The van der Waals surface area contributed by atoms with E-state index < -0.39 is 0 Å². The van der Waals surface area contributed by atoms with Gasteiger partial charge in [-0.2, -0.15) is 5.10 Å². The molecule has 1 saturated carbocycles. The molecule has 0 spiro atoms. The van der Waals surface area contributed by atoms with Crippen LogP contribution in [0.2, 0.25) is 0 Å². The van der Waals surface area contributed by atoms with Gasteiger partial charge in [0.25, 0.3) is 0 Å². The molecular formula is C16H21N3O. The molecule has 2 aromatic rings. The average Bonchev–Trinajstić information content (AvgIpc) is 3.16. The molecule has 0 unspecified atom stereocenters. The van der Waals surface area contributed by atoms with Gasteiger partial charge in [-0.05, 0) is 18.9 Å². The Labute approximate surface area is 119 Å². The Morgan fingerprint density at radius 2 is 2.10 bits per heavy atom. The van der Waals surface area contributed by atoms with Crippen molar-refractivity contribution in [2.24, 2.45) is 0 Å². The minimum atomic E-state index is 0.594. The predicted octanol–water partition coefficient (Wildman–Crippen LogP) is 3.62. The zero-order chi connectivity index (χ0) is 13.8. The van der Waals surface area contributed by atoms with Gasteiger partial charge in [0.2, 0.25) is 0 Å². The third-order valence-electron chi connectivity index (χ3n) is 3.98. The predicted molar refractivity (Wildman–Crippen MR) is 80.1 cm³/mol. The average molecular weight is 271 g/mol. The van der Waals surface area contributed by atoms with Gasteiger partial charge >= 0.3 is 0 Å². The summed E-state index contributed by atoms with van der Waals surface area (Å²) in [4.78, 5) is 0. The number of benzene rings is 1. The van der Waals surface area contributed by atoms with Crippen molar-refractivity contribution in [3.63, 3.8) is 0 Å². The molecule has 1 aromatic carbocycles. The molecule has 3 rings (SSSR count). The number of anilines is 1. The summed E-state index contributed by atoms with van der Waals surface area (Å²) in [6.07, 6.45) is 9.20. The van der Waals surface area contributed by atoms with E-state index in [1.165, 1.54) is 25.7 Å². The Kier molecular flexibility index (Phi) is 3.90. The summed E-state index contributed by atoms with van der Waals surface area (Å²) in [7, 11) is 1.71. The van der Waals surface area contributed by atoms with Crippen LogP contribution in [-0.2, 0) is 6.54 Å². The van der Waals surface area contributed by atoms with Gasteiger partial charge in [0, 0.05) is 18.3 Å². The van der Waals surface area contributed by atoms with Gasteiger partial charge in [0.15, 0.2) is 0 Å². The number of hydrogen-bond donors (Lipinski definition) is 1. The number of aromatic nitrogens is 2. The maximum Gasteiger partial charge on any atom is 0.123 e. The zero-order valence-corrected chi connectivity index (χ0v) is 11.9. The van der Waals surface area contributed by atoms with E-state index in [2.05, 4.69) is 27.4 Å². The van der Waals surface area contributed by atoms with E-state index in [1.807, 2.05) is 24.4 Å². The summed E-state index contributed by atoms with van der Waals surface area (Å²) in [5.74, 6) is 0.920. The summed E-state index contributed by atoms with van der Waals surface area (Å²) in [5.41, 5.74) is 2.23. The molecule has 0 aliphatic heterocycles. The smallest absolute Gasteiger partial charge is 0.123 e. The van der Waals surface area contributed by atoms with Crippen molar-refractivity contribution in [1.82, 2.24) is 9.78 Å². The Balaban J connectivity index is 1.63. The molecule has 1 aliphatic carbocycles. The summed E-state index contributed by atoms with van der Waals surface area (Å²) < 4.78 is 7.47. The van der Waals surface area contributed by atoms with E-state index in [0.717, 1.165) is 23.5 Å². The lowest BCUT2D eigenvalue weighted by Crippen LogP contribution is -2.04. The fourth-order valence-electron chi connectivity index (χ4n) is 2.84. The lowest BCUT2D eigenvalue weighted by atomic mass is 10.2. The Bertz CT molecular complexity index is 558. The maximum absolute atomic E-state index is 5.36. The van der Waals surface area contributed by atoms with Crippen LogP contribution in [0, 0.1) is 0 Å². The molecular weight excluding hydrogens is 250 g/mol. The second-order valence-electron chi connectivity index (χ2n) is 5.31. The van der Waals surface area contributed by atoms with Crippen LogP contribution in [0.5, 0.6) is 5.75 Å². The van der Waals surface area contributed by atoms with Crippen LogP contribution in [0.4, 0.5) is 5.69 Å². The van der Waals surface area contributed by atoms with Crippen molar-refractivity contribution in [2.75, 3.05) is 12.4 Å². The number of nitrogens with one attached hydrogen (secondary N) is 1. The molecule has 0 amide bonds. The molecule has 1 N–H and O–H groups in total. The molecule has 4 nitrogen and oxygen atoms in total. The highest BCUT2D eigenvalue weighted by molar-refractivity contribution is 5.42. The van der Waals surface area contributed by atoms with Gasteiger partial charge in [-0.15, -0.1) is 0 Å². The van der Waals surface area contributed by atoms with Gasteiger partial charge in [-0.1, -0.05) is 31.0 Å². The Hall–Kier alpha value is -1.97. The van der Waals surface area contributed by atoms with Gasteiger partial charge in [-0.3, -0.25) is 4.68 Å². The van der Waals surface area contributed by atoms with E-state index in [-0.39, 0.29) is 0 Å². The van der Waals surface area contributed by atoms with Gasteiger partial charge in [0.05, 0.1) is 25.0 Å². The molecule has 1 fully saturated rings. The normalized spacial score (nSPS) is 15.4. The van der Waals surface area contributed by atoms with Crippen LogP contribution in [0.15, 0.2) is 36.7 Å². The summed E-state index contributed by atoms with van der Waals surface area (Å²) in [6, 6.07) is 8.67. The zero-order valence-electron chi connectivity index (χ0n) is 11.9. The van der Waals surface area contributed by atoms with Crippen LogP contribution in [-0.4, -0.2) is 16.9 Å². The van der Waals surface area contributed by atoms with E-state index in [1.54, 1.807) is 7.11 Å². The van der Waals surface area contributed by atoms with Crippen LogP contribution in [0.25, 0.3) is 0 Å². The Morgan fingerprint density at radius 3 is 2.90 bits per heavy atom. The number of methoxy groups -OCH3 is 1. The fraction of sp³-hybridized carbons (Fsp3) is 0.438. The number of rotatable bonds is 5. The van der Waals surface area contributed by atoms with Crippen molar-refractivity contribution in [2.45, 2.75) is 38.3 Å². The van der Waals surface area contributed by atoms with E-state index in [0.29, 0.717) is 6.04 Å². The monoisotopic (exact) mass is 271 g/mol. The molecule has 106 valence electrons. The third kappa shape index (κ3) is 2.79. The molecule has 0 atom stereocenters. The summed E-state index contributed by atoms with van der Waals surface area (Å²) in [5, 5.41) is 7.89. The second kappa shape index (κ2) is 5.99. The molecule has 1 aliphatic rings. The SMILES string of the molecule is COc1ccccc1CNc1cnn(C2CCCC2)c1. The maximum atomic E-state index is 5.36. The van der Waals surface area contributed by atoms with Crippen molar-refractivity contribution >= 4 is 5.69 Å². The van der Waals surface area contributed by atoms with Gasteiger partial charge in [0.1, 0.15) is 5.75 Å². The topological polar surface area (TPSA) is 39.1 Å². The quantitative estimate of drug-likeness (QED) is 0.902. The van der Waals surface area contributed by atoms with Crippen LogP contribution in [0.1, 0.15) is 37.3 Å². The van der Waals surface area contributed by atoms with E-state index >= 15 is 0 Å². The number of nitrogens with zero attached hydrogens (tertiary/aromatic N) is 2. The first-order chi connectivity index (χ1) is 9.86. The highest BCUT2D eigenvalue weighted by Crippen LogP contribution is 2.29. The molecule has 0 radical (unpaired) electrons. The second-order valence-corrected chi connectivity index (χ2v) is 5.31. The van der Waals surface area contributed by atoms with Crippen molar-refractivity contribution in [3.05, 3.63) is 42.2 Å². The lowest BCUT2D eigenvalue weighted by Gasteiger charge is -2.10. The molecule has 1 heterocycles. The molecule has 4 heteroatoms. The number of hydrogen-bond acceptors (Lipinski definition) is 3. The van der Waals surface area contributed by atoms with E-state index in [9.17, 15) is 0 Å². The number of ether oxygens (including phenoxy) is 1. The third-order valence-corrected chi connectivity index (χ3v) is 3.98. The first kappa shape index (κ1) is 13.0.